The van der Waals surface area contributed by atoms with Gasteiger partial charge < -0.3 is 5.73 Å². The van der Waals surface area contributed by atoms with Gasteiger partial charge in [0.25, 0.3) is 0 Å². The molecule has 104 valence electrons. The lowest BCUT2D eigenvalue weighted by Gasteiger charge is -2.11. The largest absolute Gasteiger partial charge is 0.398 e. The van der Waals surface area contributed by atoms with Crippen LogP contribution in [-0.4, -0.2) is 0 Å². The molecule has 0 spiro atoms. The van der Waals surface area contributed by atoms with Crippen LogP contribution in [-0.2, 0) is 0 Å². The molecule has 0 aromatic heterocycles. The molecule has 0 unspecified atom stereocenters. The fourth-order valence-electron chi connectivity index (χ4n) is 2.35. The van der Waals surface area contributed by atoms with Gasteiger partial charge in [-0.1, -0.05) is 60.1 Å². The van der Waals surface area contributed by atoms with Crippen molar-refractivity contribution in [3.05, 3.63) is 77.6 Å². The first-order chi connectivity index (χ1) is 10.2. The van der Waals surface area contributed by atoms with Gasteiger partial charge in [0.1, 0.15) is 5.82 Å². The lowest BCUT2D eigenvalue weighted by molar-refractivity contribution is 0.632. The monoisotopic (exact) mass is 297 g/mol. The normalized spacial score (nSPS) is 10.6. The average Bonchev–Trinajstić information content (AvgIpc) is 2.49. The third-order valence-electron chi connectivity index (χ3n) is 3.39. The number of anilines is 1. The Hall–Kier alpha value is -2.32. The molecule has 0 fully saturated rings. The Kier molecular flexibility index (Phi) is 3.63. The molecular weight excluding hydrogens is 285 g/mol. The highest BCUT2D eigenvalue weighted by Crippen LogP contribution is 2.36. The fraction of sp³-hybridized carbons (Fsp3) is 0. The molecule has 3 aromatic rings. The Morgan fingerprint density at radius 2 is 1.57 bits per heavy atom. The van der Waals surface area contributed by atoms with Gasteiger partial charge in [-0.25, -0.2) is 4.39 Å². The Balaban J connectivity index is 2.11. The number of rotatable bonds is 2. The summed E-state index contributed by atoms with van der Waals surface area (Å²) >= 11 is 6.34. The molecule has 21 heavy (non-hydrogen) atoms. The molecule has 3 heteroatoms. The minimum atomic E-state index is -0.371. The zero-order valence-corrected chi connectivity index (χ0v) is 11.9. The summed E-state index contributed by atoms with van der Waals surface area (Å²) in [7, 11) is 0. The standard InChI is InChI=1S/C18H13ClFN/c19-15-11-13(12-5-2-1-3-6-12)9-10-14(15)18-16(20)7-4-8-17(18)21/h1-11H,21H2. The van der Waals surface area contributed by atoms with Crippen molar-refractivity contribution in [1.29, 1.82) is 0 Å². The van der Waals surface area contributed by atoms with E-state index < -0.39 is 0 Å². The molecule has 0 atom stereocenters. The molecule has 0 bridgehead atoms. The highest BCUT2D eigenvalue weighted by atomic mass is 35.5. The highest BCUT2D eigenvalue weighted by molar-refractivity contribution is 6.33. The molecule has 0 heterocycles. The van der Waals surface area contributed by atoms with Crippen molar-refractivity contribution in [2.75, 3.05) is 5.73 Å². The summed E-state index contributed by atoms with van der Waals surface area (Å²) in [5.74, 6) is -0.371. The number of hydrogen-bond acceptors (Lipinski definition) is 1. The summed E-state index contributed by atoms with van der Waals surface area (Å²) in [4.78, 5) is 0. The molecule has 0 saturated carbocycles. The highest BCUT2D eigenvalue weighted by Gasteiger charge is 2.13. The van der Waals surface area contributed by atoms with E-state index in [0.29, 0.717) is 21.8 Å². The second-order valence-corrected chi connectivity index (χ2v) is 5.17. The van der Waals surface area contributed by atoms with E-state index in [2.05, 4.69) is 0 Å². The molecule has 0 aliphatic rings. The summed E-state index contributed by atoms with van der Waals surface area (Å²) < 4.78 is 14.0. The number of hydrogen-bond donors (Lipinski definition) is 1. The van der Waals surface area contributed by atoms with Crippen LogP contribution in [0.5, 0.6) is 0 Å². The van der Waals surface area contributed by atoms with Crippen LogP contribution >= 0.6 is 11.6 Å². The second-order valence-electron chi connectivity index (χ2n) is 4.76. The smallest absolute Gasteiger partial charge is 0.133 e. The Labute approximate surface area is 127 Å². The maximum absolute atomic E-state index is 14.0. The van der Waals surface area contributed by atoms with Crippen molar-refractivity contribution in [3.8, 4) is 22.3 Å². The van der Waals surface area contributed by atoms with E-state index in [-0.39, 0.29) is 5.82 Å². The molecule has 0 radical (unpaired) electrons. The van der Waals surface area contributed by atoms with Crippen molar-refractivity contribution in [2.45, 2.75) is 0 Å². The molecule has 3 rings (SSSR count). The SMILES string of the molecule is Nc1cccc(F)c1-c1ccc(-c2ccccc2)cc1Cl. The van der Waals surface area contributed by atoms with Crippen LogP contribution < -0.4 is 5.73 Å². The van der Waals surface area contributed by atoms with Crippen molar-refractivity contribution >= 4 is 17.3 Å². The maximum atomic E-state index is 14.0. The molecule has 1 nitrogen and oxygen atoms in total. The van der Waals surface area contributed by atoms with Gasteiger partial charge in [0.2, 0.25) is 0 Å². The first-order valence-corrected chi connectivity index (χ1v) is 6.94. The van der Waals surface area contributed by atoms with Crippen molar-refractivity contribution in [2.24, 2.45) is 0 Å². The van der Waals surface area contributed by atoms with E-state index in [0.717, 1.165) is 11.1 Å². The van der Waals surface area contributed by atoms with Gasteiger partial charge >= 0.3 is 0 Å². The minimum absolute atomic E-state index is 0.349. The van der Waals surface area contributed by atoms with Gasteiger partial charge in [0.05, 0.1) is 0 Å². The minimum Gasteiger partial charge on any atom is -0.398 e. The number of nitrogen functional groups attached to an aromatic ring is 1. The Morgan fingerprint density at radius 1 is 0.810 bits per heavy atom. The first kappa shape index (κ1) is 13.7. The molecular formula is C18H13ClFN. The Bertz CT molecular complexity index is 764. The lowest BCUT2D eigenvalue weighted by Crippen LogP contribution is -1.94. The lowest BCUT2D eigenvalue weighted by atomic mass is 9.99. The van der Waals surface area contributed by atoms with Gasteiger partial charge in [-0.15, -0.1) is 0 Å². The van der Waals surface area contributed by atoms with Gasteiger partial charge in [-0.05, 0) is 29.3 Å². The van der Waals surface area contributed by atoms with Gasteiger partial charge in [0, 0.05) is 21.8 Å². The molecule has 0 aliphatic carbocycles. The zero-order chi connectivity index (χ0) is 14.8. The van der Waals surface area contributed by atoms with Crippen molar-refractivity contribution in [1.82, 2.24) is 0 Å². The fourth-order valence-corrected chi connectivity index (χ4v) is 2.63. The van der Waals surface area contributed by atoms with Crippen LogP contribution in [0.1, 0.15) is 0 Å². The summed E-state index contributed by atoms with van der Waals surface area (Å²) in [6, 6.07) is 20.1. The molecule has 0 saturated heterocycles. The van der Waals surface area contributed by atoms with Crippen LogP contribution in [0, 0.1) is 5.82 Å². The number of nitrogens with two attached hydrogens (primary N) is 1. The average molecular weight is 298 g/mol. The van der Waals surface area contributed by atoms with Crippen molar-refractivity contribution < 1.29 is 4.39 Å². The van der Waals surface area contributed by atoms with Crippen LogP contribution in [0.15, 0.2) is 66.7 Å². The predicted molar refractivity (Wildman–Crippen MR) is 86.7 cm³/mol. The second kappa shape index (κ2) is 5.58. The first-order valence-electron chi connectivity index (χ1n) is 6.56. The third-order valence-corrected chi connectivity index (χ3v) is 3.70. The predicted octanol–water partition coefficient (Wildman–Crippen LogP) is 5.40. The molecule has 0 aliphatic heterocycles. The van der Waals surface area contributed by atoms with E-state index >= 15 is 0 Å². The van der Waals surface area contributed by atoms with Crippen molar-refractivity contribution in [3.63, 3.8) is 0 Å². The summed E-state index contributed by atoms with van der Waals surface area (Å²) in [5, 5.41) is 0.480. The number of benzene rings is 3. The molecule has 0 amide bonds. The summed E-state index contributed by atoms with van der Waals surface area (Å²) in [5.41, 5.74) is 9.25. The van der Waals surface area contributed by atoms with E-state index in [1.165, 1.54) is 6.07 Å². The Morgan fingerprint density at radius 3 is 2.24 bits per heavy atom. The van der Waals surface area contributed by atoms with Crippen LogP contribution in [0.2, 0.25) is 5.02 Å². The molecule has 2 N–H and O–H groups in total. The van der Waals surface area contributed by atoms with E-state index in [9.17, 15) is 4.39 Å². The third kappa shape index (κ3) is 2.63. The molecule has 3 aromatic carbocycles. The van der Waals surface area contributed by atoms with Crippen LogP contribution in [0.3, 0.4) is 0 Å². The van der Waals surface area contributed by atoms with Gasteiger partial charge in [0.15, 0.2) is 0 Å². The van der Waals surface area contributed by atoms with E-state index in [1.807, 2.05) is 42.5 Å². The van der Waals surface area contributed by atoms with E-state index in [4.69, 9.17) is 17.3 Å². The quantitative estimate of drug-likeness (QED) is 0.630. The van der Waals surface area contributed by atoms with Crippen LogP contribution in [0.4, 0.5) is 10.1 Å². The number of halogens is 2. The zero-order valence-electron chi connectivity index (χ0n) is 11.2. The maximum Gasteiger partial charge on any atom is 0.133 e. The van der Waals surface area contributed by atoms with Gasteiger partial charge in [-0.3, -0.25) is 0 Å². The van der Waals surface area contributed by atoms with Gasteiger partial charge in [-0.2, -0.15) is 0 Å². The summed E-state index contributed by atoms with van der Waals surface area (Å²) in [6.07, 6.45) is 0. The van der Waals surface area contributed by atoms with E-state index in [1.54, 1.807) is 18.2 Å². The topological polar surface area (TPSA) is 26.0 Å². The summed E-state index contributed by atoms with van der Waals surface area (Å²) in [6.45, 7) is 0. The van der Waals surface area contributed by atoms with Crippen LogP contribution in [0.25, 0.3) is 22.3 Å².